The summed E-state index contributed by atoms with van der Waals surface area (Å²) in [6, 6.07) is 5.47. The smallest absolute Gasteiger partial charge is 0.338 e. The lowest BCUT2D eigenvalue weighted by molar-refractivity contribution is 0.0688. The summed E-state index contributed by atoms with van der Waals surface area (Å²) in [5, 5.41) is 13.7. The molecule has 1 amide bonds. The van der Waals surface area contributed by atoms with E-state index in [0.29, 0.717) is 23.7 Å². The zero-order valence-corrected chi connectivity index (χ0v) is 14.0. The van der Waals surface area contributed by atoms with Crippen LogP contribution in [0.25, 0.3) is 0 Å². The number of halogens is 1. The lowest BCUT2D eigenvalue weighted by Gasteiger charge is -2.32. The molecule has 0 bridgehead atoms. The molecule has 1 N–H and O–H groups in total. The normalized spacial score (nSPS) is 15.5. The van der Waals surface area contributed by atoms with Crippen LogP contribution in [0.15, 0.2) is 30.6 Å². The highest BCUT2D eigenvalue weighted by molar-refractivity contribution is 6.31. The van der Waals surface area contributed by atoms with Gasteiger partial charge in [0.15, 0.2) is 0 Å². The minimum Gasteiger partial charge on any atom is -0.478 e. The number of aromatic carboxylic acids is 1. The van der Waals surface area contributed by atoms with Crippen LogP contribution in [0.2, 0.25) is 5.02 Å². The average Bonchev–Trinajstić information content (AvgIpc) is 3.03. The molecular formula is C17H18ClN3O3. The summed E-state index contributed by atoms with van der Waals surface area (Å²) >= 11 is 6.03. The maximum atomic E-state index is 12.6. The third-order valence-corrected chi connectivity index (χ3v) is 4.48. The van der Waals surface area contributed by atoms with E-state index in [1.54, 1.807) is 16.9 Å². The van der Waals surface area contributed by atoms with Crippen LogP contribution in [0.3, 0.4) is 0 Å². The van der Waals surface area contributed by atoms with E-state index >= 15 is 0 Å². The molecule has 0 atom stereocenters. The number of aromatic nitrogens is 2. The van der Waals surface area contributed by atoms with Crippen molar-refractivity contribution in [3.8, 4) is 0 Å². The maximum Gasteiger partial charge on any atom is 0.338 e. The highest BCUT2D eigenvalue weighted by Crippen LogP contribution is 2.24. The predicted molar refractivity (Wildman–Crippen MR) is 89.5 cm³/mol. The van der Waals surface area contributed by atoms with Crippen molar-refractivity contribution in [2.45, 2.75) is 25.8 Å². The number of piperidine rings is 1. The molecule has 0 saturated carbocycles. The van der Waals surface area contributed by atoms with Crippen LogP contribution in [0.1, 0.15) is 45.2 Å². The monoisotopic (exact) mass is 347 g/mol. The molecule has 0 spiro atoms. The van der Waals surface area contributed by atoms with E-state index in [1.807, 2.05) is 24.0 Å². The number of carboxylic acid groups (broad SMARTS) is 1. The molecule has 1 aliphatic heterocycles. The summed E-state index contributed by atoms with van der Waals surface area (Å²) in [6.07, 6.45) is 4.39. The second-order valence-corrected chi connectivity index (χ2v) is 6.49. The molecule has 2 aromatic rings. The van der Waals surface area contributed by atoms with Gasteiger partial charge in [-0.2, -0.15) is 5.10 Å². The van der Waals surface area contributed by atoms with E-state index in [4.69, 9.17) is 16.7 Å². The summed E-state index contributed by atoms with van der Waals surface area (Å²) < 4.78 is 1.69. The number of benzene rings is 1. The Balaban J connectivity index is 1.65. The summed E-state index contributed by atoms with van der Waals surface area (Å²) in [5.74, 6) is -1.00. The molecule has 126 valence electrons. The topological polar surface area (TPSA) is 75.4 Å². The van der Waals surface area contributed by atoms with Crippen molar-refractivity contribution < 1.29 is 14.7 Å². The van der Waals surface area contributed by atoms with Crippen LogP contribution in [0.5, 0.6) is 0 Å². The molecule has 1 aliphatic rings. The number of likely N-dealkylation sites (tertiary alicyclic amines) is 1. The molecule has 3 rings (SSSR count). The van der Waals surface area contributed by atoms with E-state index in [-0.39, 0.29) is 17.5 Å². The quantitative estimate of drug-likeness (QED) is 0.926. The highest BCUT2D eigenvalue weighted by Gasteiger charge is 2.25. The molecule has 1 aromatic carbocycles. The molecule has 1 saturated heterocycles. The third kappa shape index (κ3) is 3.43. The van der Waals surface area contributed by atoms with E-state index in [0.717, 1.165) is 18.4 Å². The number of rotatable bonds is 3. The van der Waals surface area contributed by atoms with Gasteiger partial charge < -0.3 is 10.0 Å². The number of hydrogen-bond acceptors (Lipinski definition) is 3. The van der Waals surface area contributed by atoms with Gasteiger partial charge in [-0.1, -0.05) is 11.6 Å². The Morgan fingerprint density at radius 1 is 1.21 bits per heavy atom. The van der Waals surface area contributed by atoms with Gasteiger partial charge in [-0.25, -0.2) is 4.79 Å². The third-order valence-electron chi connectivity index (χ3n) is 4.26. The number of aryl methyl sites for hydroxylation is 1. The summed E-state index contributed by atoms with van der Waals surface area (Å²) in [4.78, 5) is 25.3. The van der Waals surface area contributed by atoms with Crippen LogP contribution >= 0.6 is 11.6 Å². The number of hydrogen-bond donors (Lipinski definition) is 1. The van der Waals surface area contributed by atoms with Crippen molar-refractivity contribution in [3.05, 3.63) is 52.3 Å². The fourth-order valence-corrected chi connectivity index (χ4v) is 3.31. The van der Waals surface area contributed by atoms with Gasteiger partial charge in [0, 0.05) is 29.9 Å². The average molecular weight is 348 g/mol. The predicted octanol–water partition coefficient (Wildman–Crippen LogP) is 3.02. The van der Waals surface area contributed by atoms with Gasteiger partial charge in [-0.3, -0.25) is 9.48 Å². The number of carboxylic acids is 1. The number of amides is 1. The van der Waals surface area contributed by atoms with E-state index in [1.165, 1.54) is 6.20 Å². The van der Waals surface area contributed by atoms with Crippen LogP contribution < -0.4 is 0 Å². The molecule has 0 radical (unpaired) electrons. The number of carbonyl (C=O) groups is 2. The second kappa shape index (κ2) is 6.65. The Kier molecular flexibility index (Phi) is 4.57. The lowest BCUT2D eigenvalue weighted by atomic mass is 10.0. The summed E-state index contributed by atoms with van der Waals surface area (Å²) in [7, 11) is 0. The van der Waals surface area contributed by atoms with Crippen LogP contribution in [0, 0.1) is 6.92 Å². The second-order valence-electron chi connectivity index (χ2n) is 6.05. The van der Waals surface area contributed by atoms with E-state index in [9.17, 15) is 9.59 Å². The largest absolute Gasteiger partial charge is 0.478 e. The van der Waals surface area contributed by atoms with Gasteiger partial charge in [0.05, 0.1) is 17.8 Å². The lowest BCUT2D eigenvalue weighted by Crippen LogP contribution is -2.39. The standard InChI is InChI=1S/C17H18ClN3O3/c1-11-6-12(8-14(18)7-11)16(22)20-4-2-15(3-5-20)21-10-13(9-19-21)17(23)24/h6-10,15H,2-5H2,1H3,(H,23,24). The molecule has 24 heavy (non-hydrogen) atoms. The molecule has 1 aromatic heterocycles. The first-order valence-electron chi connectivity index (χ1n) is 7.78. The Hall–Kier alpha value is -2.34. The van der Waals surface area contributed by atoms with Crippen molar-refractivity contribution >= 4 is 23.5 Å². The van der Waals surface area contributed by atoms with Crippen molar-refractivity contribution in [1.82, 2.24) is 14.7 Å². The van der Waals surface area contributed by atoms with Crippen molar-refractivity contribution in [1.29, 1.82) is 0 Å². The van der Waals surface area contributed by atoms with E-state index < -0.39 is 5.97 Å². The number of carbonyl (C=O) groups excluding carboxylic acids is 1. The fraction of sp³-hybridized carbons (Fsp3) is 0.353. The minimum absolute atomic E-state index is 0.0225. The molecule has 0 aliphatic carbocycles. The van der Waals surface area contributed by atoms with E-state index in [2.05, 4.69) is 5.10 Å². The molecule has 6 nitrogen and oxygen atoms in total. The van der Waals surface area contributed by atoms with Crippen molar-refractivity contribution in [2.75, 3.05) is 13.1 Å². The van der Waals surface area contributed by atoms with Gasteiger partial charge in [0.1, 0.15) is 0 Å². The van der Waals surface area contributed by atoms with Crippen molar-refractivity contribution in [3.63, 3.8) is 0 Å². The highest BCUT2D eigenvalue weighted by atomic mass is 35.5. The zero-order valence-electron chi connectivity index (χ0n) is 13.3. The van der Waals surface area contributed by atoms with Gasteiger partial charge in [-0.15, -0.1) is 0 Å². The van der Waals surface area contributed by atoms with Crippen LogP contribution in [0.4, 0.5) is 0 Å². The Morgan fingerprint density at radius 2 is 1.92 bits per heavy atom. The van der Waals surface area contributed by atoms with Crippen LogP contribution in [-0.4, -0.2) is 44.8 Å². The summed E-state index contributed by atoms with van der Waals surface area (Å²) in [6.45, 7) is 3.13. The SMILES string of the molecule is Cc1cc(Cl)cc(C(=O)N2CCC(n3cc(C(=O)O)cn3)CC2)c1. The maximum absolute atomic E-state index is 12.6. The molecule has 0 unspecified atom stereocenters. The number of nitrogens with zero attached hydrogens (tertiary/aromatic N) is 3. The molecule has 2 heterocycles. The fourth-order valence-electron chi connectivity index (χ4n) is 3.02. The van der Waals surface area contributed by atoms with Gasteiger partial charge >= 0.3 is 5.97 Å². The van der Waals surface area contributed by atoms with Gasteiger partial charge in [-0.05, 0) is 43.5 Å². The Bertz CT molecular complexity index is 759. The Labute approximate surface area is 144 Å². The minimum atomic E-state index is -0.981. The van der Waals surface area contributed by atoms with Crippen LogP contribution in [-0.2, 0) is 0 Å². The Morgan fingerprint density at radius 3 is 2.50 bits per heavy atom. The molecule has 7 heteroatoms. The van der Waals surface area contributed by atoms with Gasteiger partial charge in [0.2, 0.25) is 0 Å². The first-order valence-corrected chi connectivity index (χ1v) is 8.16. The molecular weight excluding hydrogens is 330 g/mol. The first-order chi connectivity index (χ1) is 11.4. The summed E-state index contributed by atoms with van der Waals surface area (Å²) in [5.41, 5.74) is 1.74. The van der Waals surface area contributed by atoms with Gasteiger partial charge in [0.25, 0.3) is 5.91 Å². The molecule has 1 fully saturated rings. The van der Waals surface area contributed by atoms with Crippen molar-refractivity contribution in [2.24, 2.45) is 0 Å². The first kappa shape index (κ1) is 16.5. The zero-order chi connectivity index (χ0) is 17.3.